The second kappa shape index (κ2) is 7.27. The monoisotopic (exact) mass is 447 g/mol. The number of hydrogen-bond donors (Lipinski definition) is 0. The van der Waals surface area contributed by atoms with Gasteiger partial charge in [-0.2, -0.15) is 26.3 Å². The SMILES string of the molecule is N#C[I+]c1ccc(C(F)(F)F)cc1.O=S(=O)([O-])C(F)(F)F. The molecule has 0 fully saturated rings. The Labute approximate surface area is 125 Å². The number of nitrogens with zero attached hydrogens (tertiary/aromatic N) is 1. The summed E-state index contributed by atoms with van der Waals surface area (Å²) >= 11 is -0.781. The number of halogens is 7. The molecule has 0 amide bonds. The van der Waals surface area contributed by atoms with Gasteiger partial charge < -0.3 is 4.55 Å². The Balaban J connectivity index is 0.000000433. The van der Waals surface area contributed by atoms with Crippen LogP contribution in [0, 0.1) is 12.9 Å². The summed E-state index contributed by atoms with van der Waals surface area (Å²) in [5.41, 5.74) is -6.31. The molecule has 0 N–H and O–H groups in total. The van der Waals surface area contributed by atoms with E-state index in [0.29, 0.717) is 3.57 Å². The van der Waals surface area contributed by atoms with Crippen molar-refractivity contribution in [2.75, 3.05) is 0 Å². The maximum Gasteiger partial charge on any atom is 0.485 e. The van der Waals surface area contributed by atoms with Gasteiger partial charge in [0.05, 0.1) is 5.56 Å². The van der Waals surface area contributed by atoms with Crippen molar-refractivity contribution in [2.24, 2.45) is 0 Å². The molecule has 0 saturated carbocycles. The van der Waals surface area contributed by atoms with Gasteiger partial charge in [-0.15, -0.1) is 5.26 Å². The molecule has 12 heteroatoms. The zero-order valence-corrected chi connectivity index (χ0v) is 12.5. The van der Waals surface area contributed by atoms with Crippen molar-refractivity contribution in [3.05, 3.63) is 33.4 Å². The summed E-state index contributed by atoms with van der Waals surface area (Å²) in [5, 5.41) is 8.33. The van der Waals surface area contributed by atoms with Crippen molar-refractivity contribution in [1.82, 2.24) is 0 Å². The first-order chi connectivity index (χ1) is 9.29. The molecule has 0 radical (unpaired) electrons. The number of hydrogen-bond acceptors (Lipinski definition) is 4. The Bertz CT molecular complexity index is 602. The van der Waals surface area contributed by atoms with Crippen molar-refractivity contribution in [3.8, 4) is 4.08 Å². The maximum absolute atomic E-state index is 12.0. The standard InChI is InChI=1S/C8H4F3IN.CHF3O3S/c9-8(10,11)6-1-3-7(4-2-6)12-5-13;2-1(3,4)8(5,6)7/h1-4H;(H,5,6,7)/q+1;/p-1. The summed E-state index contributed by atoms with van der Waals surface area (Å²) in [4.78, 5) is 0. The molecule has 4 nitrogen and oxygen atoms in total. The molecule has 1 aromatic rings. The van der Waals surface area contributed by atoms with E-state index in [1.54, 1.807) is 0 Å². The fourth-order valence-electron chi connectivity index (χ4n) is 0.751. The van der Waals surface area contributed by atoms with Crippen molar-refractivity contribution in [3.63, 3.8) is 0 Å². The molecule has 0 spiro atoms. The van der Waals surface area contributed by atoms with E-state index in [0.717, 1.165) is 12.1 Å². The van der Waals surface area contributed by atoms with Crippen LogP contribution in [-0.4, -0.2) is 18.5 Å². The lowest BCUT2D eigenvalue weighted by Crippen LogP contribution is -3.59. The van der Waals surface area contributed by atoms with Gasteiger partial charge in [0.15, 0.2) is 10.1 Å². The number of benzene rings is 1. The highest BCUT2D eigenvalue weighted by molar-refractivity contribution is 7.86. The van der Waals surface area contributed by atoms with Crippen LogP contribution in [0.1, 0.15) is 5.56 Å². The van der Waals surface area contributed by atoms with Crippen LogP contribution in [0.25, 0.3) is 0 Å². The van der Waals surface area contributed by atoms with E-state index in [1.165, 1.54) is 12.1 Å². The summed E-state index contributed by atoms with van der Waals surface area (Å²) in [5.74, 6) is 0. The number of rotatable bonds is 1. The summed E-state index contributed by atoms with van der Waals surface area (Å²) in [6.45, 7) is 0. The van der Waals surface area contributed by atoms with Crippen LogP contribution in [0.5, 0.6) is 0 Å². The molecular formula is C9H4F6INO3S. The van der Waals surface area contributed by atoms with E-state index < -0.39 is 48.6 Å². The smallest absolute Gasteiger partial charge is 0.485 e. The largest absolute Gasteiger partial charge is 0.741 e. The summed E-state index contributed by atoms with van der Waals surface area (Å²) in [6, 6.07) is 4.73. The molecule has 118 valence electrons. The predicted molar refractivity (Wildman–Crippen MR) is 51.5 cm³/mol. The van der Waals surface area contributed by atoms with Crippen molar-refractivity contribution in [1.29, 1.82) is 5.26 Å². The lowest BCUT2D eigenvalue weighted by atomic mass is 10.2. The lowest BCUT2D eigenvalue weighted by Gasteiger charge is -2.08. The lowest BCUT2D eigenvalue weighted by molar-refractivity contribution is -0.538. The van der Waals surface area contributed by atoms with Gasteiger partial charge in [-0.25, -0.2) is 8.42 Å². The number of alkyl halides is 6. The van der Waals surface area contributed by atoms with E-state index >= 15 is 0 Å². The Morgan fingerprint density at radius 1 is 1.05 bits per heavy atom. The van der Waals surface area contributed by atoms with E-state index in [1.807, 2.05) is 4.08 Å². The fourth-order valence-corrected chi connectivity index (χ4v) is 1.75. The molecule has 0 aromatic heterocycles. The van der Waals surface area contributed by atoms with Gasteiger partial charge >= 0.3 is 37.0 Å². The first-order valence-electron chi connectivity index (χ1n) is 4.51. The van der Waals surface area contributed by atoms with Gasteiger partial charge in [-0.1, -0.05) is 0 Å². The zero-order valence-electron chi connectivity index (χ0n) is 9.54. The van der Waals surface area contributed by atoms with Crippen LogP contribution >= 0.6 is 0 Å². The van der Waals surface area contributed by atoms with Gasteiger partial charge in [-0.3, -0.25) is 0 Å². The maximum atomic E-state index is 12.0. The molecular weight excluding hydrogens is 443 g/mol. The Hall–Kier alpha value is -1.07. The van der Waals surface area contributed by atoms with Gasteiger partial charge in [-0.05, 0) is 24.3 Å². The van der Waals surface area contributed by atoms with E-state index in [2.05, 4.69) is 0 Å². The molecule has 0 aliphatic carbocycles. The van der Waals surface area contributed by atoms with Gasteiger partial charge in [0.1, 0.15) is 0 Å². The quantitative estimate of drug-likeness (QED) is 0.252. The van der Waals surface area contributed by atoms with Crippen molar-refractivity contribution < 1.29 is 60.5 Å². The fraction of sp³-hybridized carbons (Fsp3) is 0.222. The van der Waals surface area contributed by atoms with Crippen LogP contribution < -0.4 is 21.2 Å². The van der Waals surface area contributed by atoms with Crippen molar-refractivity contribution >= 4 is 10.1 Å². The second-order valence-electron chi connectivity index (χ2n) is 3.08. The minimum atomic E-state index is -6.09. The number of nitriles is 1. The van der Waals surface area contributed by atoms with E-state index in [-0.39, 0.29) is 0 Å². The topological polar surface area (TPSA) is 81.0 Å². The zero-order chi connectivity index (χ0) is 16.9. The molecule has 0 aliphatic heterocycles. The van der Waals surface area contributed by atoms with Crippen LogP contribution in [0.2, 0.25) is 0 Å². The first kappa shape index (κ1) is 19.9. The highest BCUT2D eigenvalue weighted by Gasteiger charge is 2.36. The molecule has 1 rings (SSSR count). The summed E-state index contributed by atoms with van der Waals surface area (Å²) in [6.07, 6.45) is -4.29. The third kappa shape index (κ3) is 7.48. The Morgan fingerprint density at radius 2 is 1.43 bits per heavy atom. The normalized spacial score (nSPS) is 12.1. The average molecular weight is 447 g/mol. The van der Waals surface area contributed by atoms with Gasteiger partial charge in [0.2, 0.25) is 3.57 Å². The molecule has 0 heterocycles. The Kier molecular flexibility index (Phi) is 6.90. The minimum absolute atomic E-state index is 0.668. The molecule has 0 unspecified atom stereocenters. The van der Waals surface area contributed by atoms with Crippen LogP contribution in [0.4, 0.5) is 26.3 Å². The van der Waals surface area contributed by atoms with Gasteiger partial charge in [0.25, 0.3) is 0 Å². The van der Waals surface area contributed by atoms with Crippen LogP contribution in [0.3, 0.4) is 0 Å². The minimum Gasteiger partial charge on any atom is -0.741 e. The molecule has 0 saturated heterocycles. The molecule has 0 bridgehead atoms. The Morgan fingerprint density at radius 3 is 1.67 bits per heavy atom. The third-order valence-electron chi connectivity index (χ3n) is 1.61. The van der Waals surface area contributed by atoms with Crippen LogP contribution in [0.15, 0.2) is 24.3 Å². The summed E-state index contributed by atoms with van der Waals surface area (Å²) < 4.78 is 97.7. The molecule has 21 heavy (non-hydrogen) atoms. The highest BCUT2D eigenvalue weighted by atomic mass is 127. The molecule has 1 aromatic carbocycles. The van der Waals surface area contributed by atoms with E-state index in [9.17, 15) is 26.3 Å². The molecule has 0 aliphatic rings. The van der Waals surface area contributed by atoms with Crippen LogP contribution in [-0.2, 0) is 16.3 Å². The second-order valence-corrected chi connectivity index (χ2v) is 6.72. The highest BCUT2D eigenvalue weighted by Crippen LogP contribution is 2.28. The van der Waals surface area contributed by atoms with Gasteiger partial charge in [0, 0.05) is 0 Å². The average Bonchev–Trinajstić information content (AvgIpc) is 2.27. The predicted octanol–water partition coefficient (Wildman–Crippen LogP) is -0.504. The summed E-state index contributed by atoms with van der Waals surface area (Å²) in [7, 11) is -6.09. The third-order valence-corrected chi connectivity index (χ3v) is 3.76. The first-order valence-corrected chi connectivity index (χ1v) is 8.08. The molecule has 0 atom stereocenters. The van der Waals surface area contributed by atoms with Crippen molar-refractivity contribution in [2.45, 2.75) is 11.7 Å². The van der Waals surface area contributed by atoms with E-state index in [4.69, 9.17) is 18.2 Å².